The zero-order valence-corrected chi connectivity index (χ0v) is 14.6. The summed E-state index contributed by atoms with van der Waals surface area (Å²) < 4.78 is 0. The van der Waals surface area contributed by atoms with Gasteiger partial charge in [0.15, 0.2) is 0 Å². The van der Waals surface area contributed by atoms with Crippen molar-refractivity contribution in [1.82, 2.24) is 10.6 Å². The molecule has 5 heteroatoms. The van der Waals surface area contributed by atoms with E-state index in [1.807, 2.05) is 19.1 Å². The molecule has 2 atom stereocenters. The first kappa shape index (κ1) is 19.2. The summed E-state index contributed by atoms with van der Waals surface area (Å²) in [6.45, 7) is 9.73. The van der Waals surface area contributed by atoms with E-state index in [9.17, 15) is 14.7 Å². The second kappa shape index (κ2) is 8.11. The zero-order chi connectivity index (χ0) is 17.6. The Labute approximate surface area is 138 Å². The van der Waals surface area contributed by atoms with Crippen molar-refractivity contribution in [2.45, 2.75) is 58.6 Å². The molecule has 0 aliphatic heterocycles. The van der Waals surface area contributed by atoms with Gasteiger partial charge in [0.25, 0.3) is 5.91 Å². The highest BCUT2D eigenvalue weighted by Crippen LogP contribution is 2.22. The highest BCUT2D eigenvalue weighted by molar-refractivity contribution is 5.96. The Bertz CT molecular complexity index is 530. The van der Waals surface area contributed by atoms with Crippen molar-refractivity contribution in [3.05, 3.63) is 35.4 Å². The molecule has 0 aliphatic rings. The van der Waals surface area contributed by atoms with Crippen LogP contribution in [0.3, 0.4) is 0 Å². The van der Waals surface area contributed by atoms with Crippen LogP contribution in [0.25, 0.3) is 0 Å². The standard InChI is InChI=1S/C18H28N2O3/c1-6-15(12(2)21)20-16(22)11-19-17(23)13-7-9-14(10-8-13)18(3,4)5/h7-10,12,15,21H,6,11H2,1-5H3,(H,19,23)(H,20,22)/t12-,15+/m1/s1. The second-order valence-electron chi connectivity index (χ2n) is 6.83. The van der Waals surface area contributed by atoms with Crippen LogP contribution < -0.4 is 10.6 Å². The molecule has 0 saturated carbocycles. The third kappa shape index (κ3) is 6.02. The van der Waals surface area contributed by atoms with Crippen LogP contribution in [-0.2, 0) is 10.2 Å². The third-order valence-corrected chi connectivity index (χ3v) is 3.79. The summed E-state index contributed by atoms with van der Waals surface area (Å²) in [5.74, 6) is -0.594. The summed E-state index contributed by atoms with van der Waals surface area (Å²) in [7, 11) is 0. The summed E-state index contributed by atoms with van der Waals surface area (Å²) in [4.78, 5) is 23.9. The topological polar surface area (TPSA) is 78.4 Å². The van der Waals surface area contributed by atoms with Crippen molar-refractivity contribution in [3.8, 4) is 0 Å². The van der Waals surface area contributed by atoms with Gasteiger partial charge in [0.2, 0.25) is 5.91 Å². The Morgan fingerprint density at radius 2 is 1.74 bits per heavy atom. The Morgan fingerprint density at radius 3 is 2.17 bits per heavy atom. The van der Waals surface area contributed by atoms with E-state index in [0.29, 0.717) is 12.0 Å². The molecule has 0 saturated heterocycles. The van der Waals surface area contributed by atoms with E-state index in [-0.39, 0.29) is 29.8 Å². The highest BCUT2D eigenvalue weighted by Gasteiger charge is 2.17. The minimum Gasteiger partial charge on any atom is -0.391 e. The van der Waals surface area contributed by atoms with Gasteiger partial charge in [-0.15, -0.1) is 0 Å². The second-order valence-corrected chi connectivity index (χ2v) is 6.83. The highest BCUT2D eigenvalue weighted by atomic mass is 16.3. The first-order valence-corrected chi connectivity index (χ1v) is 8.01. The van der Waals surface area contributed by atoms with Crippen molar-refractivity contribution in [2.24, 2.45) is 0 Å². The van der Waals surface area contributed by atoms with Gasteiger partial charge in [-0.05, 0) is 36.5 Å². The first-order chi connectivity index (χ1) is 10.6. The summed E-state index contributed by atoms with van der Waals surface area (Å²) >= 11 is 0. The molecule has 0 bridgehead atoms. The Kier molecular flexibility index (Phi) is 6.76. The number of hydrogen-bond donors (Lipinski definition) is 3. The number of amides is 2. The van der Waals surface area contributed by atoms with E-state index in [1.54, 1.807) is 19.1 Å². The summed E-state index contributed by atoms with van der Waals surface area (Å²) in [5, 5.41) is 14.8. The van der Waals surface area contributed by atoms with Crippen LogP contribution >= 0.6 is 0 Å². The number of rotatable bonds is 6. The van der Waals surface area contributed by atoms with E-state index >= 15 is 0 Å². The number of carbonyl (C=O) groups is 2. The predicted molar refractivity (Wildman–Crippen MR) is 91.4 cm³/mol. The lowest BCUT2D eigenvalue weighted by Gasteiger charge is -2.20. The van der Waals surface area contributed by atoms with E-state index in [0.717, 1.165) is 5.56 Å². The molecule has 23 heavy (non-hydrogen) atoms. The van der Waals surface area contributed by atoms with E-state index in [1.165, 1.54) is 0 Å². The molecule has 0 aliphatic carbocycles. The molecule has 0 spiro atoms. The molecular weight excluding hydrogens is 292 g/mol. The van der Waals surface area contributed by atoms with Crippen LogP contribution in [0.15, 0.2) is 24.3 Å². The summed E-state index contributed by atoms with van der Waals surface area (Å²) in [6.07, 6.45) is 0.00983. The van der Waals surface area contributed by atoms with Crippen molar-refractivity contribution in [3.63, 3.8) is 0 Å². The van der Waals surface area contributed by atoms with E-state index < -0.39 is 6.10 Å². The van der Waals surface area contributed by atoms with Gasteiger partial charge >= 0.3 is 0 Å². The maximum atomic E-state index is 12.1. The summed E-state index contributed by atoms with van der Waals surface area (Å²) in [5.41, 5.74) is 1.70. The lowest BCUT2D eigenvalue weighted by Crippen LogP contribution is -2.46. The summed E-state index contributed by atoms with van der Waals surface area (Å²) in [6, 6.07) is 7.08. The van der Waals surface area contributed by atoms with Crippen LogP contribution in [0.4, 0.5) is 0 Å². The minimum atomic E-state index is -0.621. The maximum Gasteiger partial charge on any atom is 0.251 e. The molecule has 5 nitrogen and oxygen atoms in total. The molecule has 1 aromatic carbocycles. The first-order valence-electron chi connectivity index (χ1n) is 8.01. The zero-order valence-electron chi connectivity index (χ0n) is 14.6. The molecule has 0 heterocycles. The van der Waals surface area contributed by atoms with Gasteiger partial charge in [-0.1, -0.05) is 39.8 Å². The molecule has 2 amide bonds. The Balaban J connectivity index is 2.55. The maximum absolute atomic E-state index is 12.1. The van der Waals surface area contributed by atoms with Gasteiger partial charge in [0.05, 0.1) is 18.7 Å². The van der Waals surface area contributed by atoms with Gasteiger partial charge in [-0.3, -0.25) is 9.59 Å². The van der Waals surface area contributed by atoms with Gasteiger partial charge in [0.1, 0.15) is 0 Å². The van der Waals surface area contributed by atoms with Crippen LogP contribution in [-0.4, -0.2) is 35.6 Å². The van der Waals surface area contributed by atoms with E-state index in [4.69, 9.17) is 0 Å². The third-order valence-electron chi connectivity index (χ3n) is 3.79. The van der Waals surface area contributed by atoms with Crippen LogP contribution in [0.2, 0.25) is 0 Å². The number of benzene rings is 1. The number of aliphatic hydroxyl groups excluding tert-OH is 1. The quantitative estimate of drug-likeness (QED) is 0.750. The average Bonchev–Trinajstić information content (AvgIpc) is 2.49. The predicted octanol–water partition coefficient (Wildman–Crippen LogP) is 1.99. The monoisotopic (exact) mass is 320 g/mol. The van der Waals surface area contributed by atoms with Crippen LogP contribution in [0.5, 0.6) is 0 Å². The lowest BCUT2D eigenvalue weighted by atomic mass is 9.87. The molecule has 0 unspecified atom stereocenters. The SMILES string of the molecule is CC[C@H](NC(=O)CNC(=O)c1ccc(C(C)(C)C)cc1)[C@@H](C)O. The van der Waals surface area contributed by atoms with Gasteiger partial charge in [-0.25, -0.2) is 0 Å². The lowest BCUT2D eigenvalue weighted by molar-refractivity contribution is -0.121. The fourth-order valence-electron chi connectivity index (χ4n) is 2.21. The van der Waals surface area contributed by atoms with Crippen LogP contribution in [0.1, 0.15) is 57.0 Å². The normalized spacial score (nSPS) is 14.0. The number of hydrogen-bond acceptors (Lipinski definition) is 3. The van der Waals surface area contributed by atoms with Crippen molar-refractivity contribution in [2.75, 3.05) is 6.54 Å². The van der Waals surface area contributed by atoms with Gasteiger partial charge < -0.3 is 15.7 Å². The molecule has 128 valence electrons. The number of carbonyl (C=O) groups excluding carboxylic acids is 2. The van der Waals surface area contributed by atoms with Gasteiger partial charge in [0, 0.05) is 5.56 Å². The van der Waals surface area contributed by atoms with Gasteiger partial charge in [-0.2, -0.15) is 0 Å². The largest absolute Gasteiger partial charge is 0.391 e. The molecule has 1 rings (SSSR count). The Hall–Kier alpha value is -1.88. The molecule has 1 aromatic rings. The number of aliphatic hydroxyl groups is 1. The molecular formula is C18H28N2O3. The molecule has 0 fully saturated rings. The van der Waals surface area contributed by atoms with E-state index in [2.05, 4.69) is 31.4 Å². The van der Waals surface area contributed by atoms with Crippen molar-refractivity contribution >= 4 is 11.8 Å². The molecule has 3 N–H and O–H groups in total. The Morgan fingerprint density at radius 1 is 1.17 bits per heavy atom. The van der Waals surface area contributed by atoms with Crippen molar-refractivity contribution in [1.29, 1.82) is 0 Å². The fraction of sp³-hybridized carbons (Fsp3) is 0.556. The average molecular weight is 320 g/mol. The minimum absolute atomic E-state index is 0.0328. The molecule has 0 radical (unpaired) electrons. The molecule has 0 aromatic heterocycles. The number of nitrogens with one attached hydrogen (secondary N) is 2. The smallest absolute Gasteiger partial charge is 0.251 e. The van der Waals surface area contributed by atoms with Crippen molar-refractivity contribution < 1.29 is 14.7 Å². The van der Waals surface area contributed by atoms with Crippen LogP contribution in [0, 0.1) is 0 Å². The fourth-order valence-corrected chi connectivity index (χ4v) is 2.21.